The third kappa shape index (κ3) is 3.09. The van der Waals surface area contributed by atoms with E-state index >= 15 is 0 Å². The summed E-state index contributed by atoms with van der Waals surface area (Å²) in [4.78, 5) is 17.0. The minimum absolute atomic E-state index is 0.0257. The highest BCUT2D eigenvalue weighted by Crippen LogP contribution is 2.45. The molecule has 1 aliphatic rings. The van der Waals surface area contributed by atoms with E-state index in [-0.39, 0.29) is 5.69 Å². The number of imidazole rings is 2. The summed E-state index contributed by atoms with van der Waals surface area (Å²) in [5.74, 6) is 0.485. The maximum Gasteiger partial charge on any atom is 0.328 e. The average Bonchev–Trinajstić information content (AvgIpc) is 3.44. The lowest BCUT2D eigenvalue weighted by molar-refractivity contribution is 0.793. The molecule has 5 nitrogen and oxygen atoms in total. The van der Waals surface area contributed by atoms with E-state index in [1.54, 1.807) is 29.3 Å². The molecule has 0 bridgehead atoms. The quantitative estimate of drug-likeness (QED) is 0.462. The molecule has 0 atom stereocenters. The Balaban J connectivity index is 1.62. The SMILES string of the molecule is Cn1c(=O)n(C)c2cc(Cn3cnc(C4CC4)c3-c3cc(Cl)ccc3Cl)ccc21. The number of hydrogen-bond acceptors (Lipinski definition) is 2. The Bertz CT molecular complexity index is 1310. The van der Waals surface area contributed by atoms with Crippen LogP contribution in [0.15, 0.2) is 47.5 Å². The monoisotopic (exact) mass is 426 g/mol. The maximum absolute atomic E-state index is 12.2. The van der Waals surface area contributed by atoms with Crippen molar-refractivity contribution >= 4 is 34.2 Å². The Morgan fingerprint density at radius 3 is 2.55 bits per heavy atom. The van der Waals surface area contributed by atoms with Crippen LogP contribution >= 0.6 is 23.2 Å². The minimum atomic E-state index is -0.0257. The van der Waals surface area contributed by atoms with E-state index in [0.29, 0.717) is 22.5 Å². The largest absolute Gasteiger partial charge is 0.328 e. The van der Waals surface area contributed by atoms with Gasteiger partial charge in [-0.25, -0.2) is 9.78 Å². The van der Waals surface area contributed by atoms with Gasteiger partial charge in [-0.3, -0.25) is 9.13 Å². The summed E-state index contributed by atoms with van der Waals surface area (Å²) in [6.07, 6.45) is 4.19. The Kier molecular flexibility index (Phi) is 4.33. The van der Waals surface area contributed by atoms with Gasteiger partial charge in [-0.05, 0) is 48.7 Å². The molecule has 4 aromatic rings. The second-order valence-electron chi connectivity index (χ2n) is 7.73. The lowest BCUT2D eigenvalue weighted by atomic mass is 10.1. The van der Waals surface area contributed by atoms with Crippen molar-refractivity contribution < 1.29 is 0 Å². The lowest BCUT2D eigenvalue weighted by Gasteiger charge is -2.13. The van der Waals surface area contributed by atoms with Gasteiger partial charge in [-0.15, -0.1) is 0 Å². The summed E-state index contributed by atoms with van der Waals surface area (Å²) in [6, 6.07) is 11.7. The fourth-order valence-electron chi connectivity index (χ4n) is 3.99. The van der Waals surface area contributed by atoms with E-state index in [2.05, 4.69) is 16.7 Å². The van der Waals surface area contributed by atoms with Gasteiger partial charge in [0.15, 0.2) is 0 Å². The molecule has 0 aliphatic heterocycles. The van der Waals surface area contributed by atoms with Crippen molar-refractivity contribution in [1.29, 1.82) is 0 Å². The molecule has 0 unspecified atom stereocenters. The highest BCUT2D eigenvalue weighted by Gasteiger charge is 2.31. The third-order valence-electron chi connectivity index (χ3n) is 5.70. The van der Waals surface area contributed by atoms with Crippen molar-refractivity contribution in [2.24, 2.45) is 14.1 Å². The van der Waals surface area contributed by atoms with Crippen LogP contribution in [0.4, 0.5) is 0 Å². The van der Waals surface area contributed by atoms with Crippen LogP contribution in [0.5, 0.6) is 0 Å². The molecule has 148 valence electrons. The molecule has 2 heterocycles. The summed E-state index contributed by atoms with van der Waals surface area (Å²) < 4.78 is 5.48. The molecule has 1 aliphatic carbocycles. The Morgan fingerprint density at radius 1 is 1.03 bits per heavy atom. The van der Waals surface area contributed by atoms with E-state index in [0.717, 1.165) is 46.4 Å². The van der Waals surface area contributed by atoms with Gasteiger partial charge in [0.05, 0.1) is 33.8 Å². The van der Waals surface area contributed by atoms with Crippen LogP contribution in [0.3, 0.4) is 0 Å². The molecule has 1 saturated carbocycles. The van der Waals surface area contributed by atoms with Crippen molar-refractivity contribution in [2.75, 3.05) is 0 Å². The fraction of sp³-hybridized carbons (Fsp3) is 0.273. The summed E-state index contributed by atoms with van der Waals surface area (Å²) in [6.45, 7) is 0.636. The zero-order chi connectivity index (χ0) is 20.3. The number of aryl methyl sites for hydroxylation is 2. The first-order valence-corrected chi connectivity index (χ1v) is 10.3. The third-order valence-corrected chi connectivity index (χ3v) is 6.27. The number of rotatable bonds is 4. The van der Waals surface area contributed by atoms with Crippen LogP contribution in [0.25, 0.3) is 22.3 Å². The predicted octanol–water partition coefficient (Wildman–Crippen LogP) is 4.97. The van der Waals surface area contributed by atoms with E-state index in [9.17, 15) is 4.79 Å². The molecule has 0 radical (unpaired) electrons. The standard InChI is InChI=1S/C22H20Cl2N4O/c1-26-18-8-3-13(9-19(18)27(2)22(26)29)11-28-12-25-20(14-4-5-14)21(28)16-10-15(23)6-7-17(16)24/h3,6-10,12,14H,4-5,11H2,1-2H3. The number of aromatic nitrogens is 4. The van der Waals surface area contributed by atoms with Crippen LogP contribution in [0.2, 0.25) is 10.0 Å². The molecule has 2 aromatic heterocycles. The number of hydrogen-bond donors (Lipinski definition) is 0. The number of halogens is 2. The summed E-state index contributed by atoms with van der Waals surface area (Å²) in [7, 11) is 3.59. The van der Waals surface area contributed by atoms with Crippen LogP contribution in [-0.2, 0) is 20.6 Å². The first kappa shape index (κ1) is 18.5. The number of nitrogens with zero attached hydrogens (tertiary/aromatic N) is 4. The zero-order valence-corrected chi connectivity index (χ0v) is 17.7. The molecular formula is C22H20Cl2N4O. The zero-order valence-electron chi connectivity index (χ0n) is 16.2. The van der Waals surface area contributed by atoms with Crippen molar-refractivity contribution in [3.8, 4) is 11.3 Å². The molecule has 0 amide bonds. The topological polar surface area (TPSA) is 44.8 Å². The molecule has 7 heteroatoms. The Morgan fingerprint density at radius 2 is 1.79 bits per heavy atom. The fourth-order valence-corrected chi connectivity index (χ4v) is 4.37. The molecule has 0 N–H and O–H groups in total. The minimum Gasteiger partial charge on any atom is -0.326 e. The second kappa shape index (κ2) is 6.78. The summed E-state index contributed by atoms with van der Waals surface area (Å²) in [5.41, 5.74) is 5.93. The van der Waals surface area contributed by atoms with Gasteiger partial charge >= 0.3 is 5.69 Å². The molecule has 1 fully saturated rings. The van der Waals surface area contributed by atoms with Gasteiger partial charge in [-0.1, -0.05) is 29.3 Å². The smallest absolute Gasteiger partial charge is 0.326 e. The van der Waals surface area contributed by atoms with Gasteiger partial charge < -0.3 is 4.57 Å². The molecule has 5 rings (SSSR count). The van der Waals surface area contributed by atoms with Crippen LogP contribution in [0, 0.1) is 0 Å². The number of benzene rings is 2. The van der Waals surface area contributed by atoms with E-state index < -0.39 is 0 Å². The van der Waals surface area contributed by atoms with E-state index in [1.165, 1.54) is 0 Å². The van der Waals surface area contributed by atoms with Crippen molar-refractivity contribution in [1.82, 2.24) is 18.7 Å². The van der Waals surface area contributed by atoms with Gasteiger partial charge in [0.2, 0.25) is 0 Å². The second-order valence-corrected chi connectivity index (χ2v) is 8.57. The van der Waals surface area contributed by atoms with E-state index in [4.69, 9.17) is 28.2 Å². The summed E-state index contributed by atoms with van der Waals surface area (Å²) >= 11 is 12.8. The highest BCUT2D eigenvalue weighted by molar-refractivity contribution is 6.35. The summed E-state index contributed by atoms with van der Waals surface area (Å²) in [5, 5.41) is 1.32. The van der Waals surface area contributed by atoms with E-state index in [1.807, 2.05) is 24.5 Å². The molecule has 0 spiro atoms. The molecule has 2 aromatic carbocycles. The number of fused-ring (bicyclic) bond motifs is 1. The Hall–Kier alpha value is -2.50. The molecular weight excluding hydrogens is 407 g/mol. The van der Waals surface area contributed by atoms with Crippen molar-refractivity contribution in [2.45, 2.75) is 25.3 Å². The van der Waals surface area contributed by atoms with Gasteiger partial charge in [-0.2, -0.15) is 0 Å². The normalized spacial score (nSPS) is 14.1. The van der Waals surface area contributed by atoms with Crippen LogP contribution in [0.1, 0.15) is 30.0 Å². The van der Waals surface area contributed by atoms with Crippen LogP contribution < -0.4 is 5.69 Å². The molecule has 29 heavy (non-hydrogen) atoms. The Labute approximate surface area is 178 Å². The average molecular weight is 427 g/mol. The highest BCUT2D eigenvalue weighted by atomic mass is 35.5. The van der Waals surface area contributed by atoms with Gasteiger partial charge in [0.1, 0.15) is 0 Å². The lowest BCUT2D eigenvalue weighted by Crippen LogP contribution is -2.19. The van der Waals surface area contributed by atoms with Gasteiger partial charge in [0, 0.05) is 37.1 Å². The first-order valence-electron chi connectivity index (χ1n) is 9.59. The van der Waals surface area contributed by atoms with Crippen molar-refractivity contribution in [3.63, 3.8) is 0 Å². The maximum atomic E-state index is 12.2. The first-order chi connectivity index (χ1) is 13.9. The van der Waals surface area contributed by atoms with Crippen LogP contribution in [-0.4, -0.2) is 18.7 Å². The molecule has 0 saturated heterocycles. The predicted molar refractivity (Wildman–Crippen MR) is 117 cm³/mol. The van der Waals surface area contributed by atoms with Gasteiger partial charge in [0.25, 0.3) is 0 Å². The van der Waals surface area contributed by atoms with Crippen molar-refractivity contribution in [3.05, 3.63) is 74.5 Å².